The number of hydrogen-bond acceptors (Lipinski definition) is 5. The molecule has 2 aromatic heterocycles. The van der Waals surface area contributed by atoms with E-state index in [0.29, 0.717) is 48.6 Å². The van der Waals surface area contributed by atoms with Crippen molar-refractivity contribution in [3.8, 4) is 0 Å². The van der Waals surface area contributed by atoms with Crippen molar-refractivity contribution in [1.82, 2.24) is 19.2 Å². The Morgan fingerprint density at radius 3 is 2.74 bits per heavy atom. The van der Waals surface area contributed by atoms with Gasteiger partial charge in [-0.2, -0.15) is 5.10 Å². The predicted molar refractivity (Wildman–Crippen MR) is 138 cm³/mol. The van der Waals surface area contributed by atoms with Crippen LogP contribution < -0.4 is 5.56 Å². The fourth-order valence-electron chi connectivity index (χ4n) is 4.68. The van der Waals surface area contributed by atoms with E-state index in [-0.39, 0.29) is 17.9 Å². The van der Waals surface area contributed by atoms with Crippen molar-refractivity contribution in [2.75, 3.05) is 19.7 Å². The van der Waals surface area contributed by atoms with E-state index in [0.717, 1.165) is 35.9 Å². The number of aryl methyl sites for hydroxylation is 2. The number of halogens is 1. The standard InChI is InChI=1S/C26H35ClN4O4/c1-6-29(25(33)35-26(3,4)5)13-9-14-30-20-12-11-18(27)16-19(20)23-22(24(30)32)17(2)31(28-23)21-10-7-8-15-34-21/h11-12,16,21H,6-10,13-15H2,1-5H3. The van der Waals surface area contributed by atoms with E-state index >= 15 is 0 Å². The maximum atomic E-state index is 13.7. The quantitative estimate of drug-likeness (QED) is 0.434. The van der Waals surface area contributed by atoms with Crippen LogP contribution in [0.3, 0.4) is 0 Å². The van der Waals surface area contributed by atoms with Crippen LogP contribution in [-0.2, 0) is 16.0 Å². The predicted octanol–water partition coefficient (Wildman–Crippen LogP) is 5.66. The molecule has 0 spiro atoms. The number of ether oxygens (including phenoxy) is 2. The summed E-state index contributed by atoms with van der Waals surface area (Å²) in [5.41, 5.74) is 1.59. The molecule has 1 aliphatic rings. The molecule has 1 aliphatic heterocycles. The lowest BCUT2D eigenvalue weighted by atomic mass is 10.1. The van der Waals surface area contributed by atoms with E-state index < -0.39 is 5.60 Å². The summed E-state index contributed by atoms with van der Waals surface area (Å²) in [5.74, 6) is 0. The van der Waals surface area contributed by atoms with Gasteiger partial charge in [-0.15, -0.1) is 0 Å². The van der Waals surface area contributed by atoms with Crippen LogP contribution in [0.2, 0.25) is 5.02 Å². The highest BCUT2D eigenvalue weighted by atomic mass is 35.5. The van der Waals surface area contributed by atoms with Gasteiger partial charge in [0.1, 0.15) is 17.3 Å². The van der Waals surface area contributed by atoms with Gasteiger partial charge in [-0.25, -0.2) is 9.48 Å². The summed E-state index contributed by atoms with van der Waals surface area (Å²) in [5, 5.41) is 6.85. The zero-order valence-corrected chi connectivity index (χ0v) is 22.0. The van der Waals surface area contributed by atoms with E-state index in [4.69, 9.17) is 26.2 Å². The first-order valence-electron chi connectivity index (χ1n) is 12.4. The second kappa shape index (κ2) is 10.2. The van der Waals surface area contributed by atoms with Crippen molar-refractivity contribution >= 4 is 39.5 Å². The zero-order chi connectivity index (χ0) is 25.3. The van der Waals surface area contributed by atoms with Crippen LogP contribution in [0.1, 0.15) is 65.3 Å². The number of rotatable bonds is 6. The lowest BCUT2D eigenvalue weighted by Crippen LogP contribution is -2.37. The van der Waals surface area contributed by atoms with Crippen molar-refractivity contribution in [1.29, 1.82) is 0 Å². The Labute approximate surface area is 210 Å². The fourth-order valence-corrected chi connectivity index (χ4v) is 4.86. The minimum atomic E-state index is -0.554. The average molecular weight is 503 g/mol. The molecule has 190 valence electrons. The molecule has 1 amide bonds. The third-order valence-corrected chi connectivity index (χ3v) is 6.62. The number of nitrogens with zero attached hydrogens (tertiary/aromatic N) is 4. The van der Waals surface area contributed by atoms with Gasteiger partial charge in [-0.3, -0.25) is 4.79 Å². The maximum Gasteiger partial charge on any atom is 0.410 e. The Balaban J connectivity index is 1.69. The third kappa shape index (κ3) is 5.33. The SMILES string of the molecule is CCN(CCCn1c(=O)c2c(C)n(C3CCCCO3)nc2c2cc(Cl)ccc21)C(=O)OC(C)(C)C. The van der Waals surface area contributed by atoms with E-state index in [1.807, 2.05) is 51.4 Å². The summed E-state index contributed by atoms with van der Waals surface area (Å²) >= 11 is 6.35. The molecular weight excluding hydrogens is 468 g/mol. The van der Waals surface area contributed by atoms with Gasteiger partial charge in [-0.1, -0.05) is 11.6 Å². The fraction of sp³-hybridized carbons (Fsp3) is 0.577. The Bertz CT molecular complexity index is 1280. The van der Waals surface area contributed by atoms with Crippen LogP contribution in [0.5, 0.6) is 0 Å². The van der Waals surface area contributed by atoms with Crippen LogP contribution in [0, 0.1) is 6.92 Å². The highest BCUT2D eigenvalue weighted by Crippen LogP contribution is 2.30. The monoisotopic (exact) mass is 502 g/mol. The number of aromatic nitrogens is 3. The number of fused-ring (bicyclic) bond motifs is 3. The van der Waals surface area contributed by atoms with Gasteiger partial charge >= 0.3 is 6.09 Å². The lowest BCUT2D eigenvalue weighted by molar-refractivity contribution is -0.0402. The number of hydrogen-bond donors (Lipinski definition) is 0. The van der Waals surface area contributed by atoms with Crippen molar-refractivity contribution in [3.63, 3.8) is 0 Å². The topological polar surface area (TPSA) is 78.6 Å². The highest BCUT2D eigenvalue weighted by molar-refractivity contribution is 6.31. The molecule has 0 radical (unpaired) electrons. The summed E-state index contributed by atoms with van der Waals surface area (Å²) in [7, 11) is 0. The summed E-state index contributed by atoms with van der Waals surface area (Å²) < 4.78 is 15.1. The minimum absolute atomic E-state index is 0.0882. The number of carbonyl (C=O) groups is 1. The highest BCUT2D eigenvalue weighted by Gasteiger charge is 2.25. The molecule has 3 heterocycles. The minimum Gasteiger partial charge on any atom is -0.444 e. The van der Waals surface area contributed by atoms with Crippen molar-refractivity contribution in [2.24, 2.45) is 0 Å². The Kier molecular flexibility index (Phi) is 7.43. The van der Waals surface area contributed by atoms with Crippen LogP contribution in [0.25, 0.3) is 21.8 Å². The molecular formula is C26H35ClN4O4. The Morgan fingerprint density at radius 2 is 2.09 bits per heavy atom. The summed E-state index contributed by atoms with van der Waals surface area (Å²) in [6.45, 7) is 11.6. The third-order valence-electron chi connectivity index (χ3n) is 6.39. The Hall–Kier alpha value is -2.58. The molecule has 9 heteroatoms. The second-order valence-corrected chi connectivity index (χ2v) is 10.5. The molecule has 35 heavy (non-hydrogen) atoms. The van der Waals surface area contributed by atoms with E-state index in [1.54, 1.807) is 15.5 Å². The Morgan fingerprint density at radius 1 is 1.31 bits per heavy atom. The smallest absolute Gasteiger partial charge is 0.410 e. The van der Waals surface area contributed by atoms with Gasteiger partial charge in [0.2, 0.25) is 0 Å². The first-order valence-corrected chi connectivity index (χ1v) is 12.8. The van der Waals surface area contributed by atoms with E-state index in [1.165, 1.54) is 0 Å². The number of pyridine rings is 1. The van der Waals surface area contributed by atoms with Crippen molar-refractivity contribution in [3.05, 3.63) is 39.3 Å². The number of benzene rings is 1. The molecule has 1 atom stereocenters. The molecule has 3 aromatic rings. The summed E-state index contributed by atoms with van der Waals surface area (Å²) in [4.78, 5) is 27.9. The molecule has 0 saturated carbocycles. The number of amides is 1. The molecule has 1 unspecified atom stereocenters. The molecule has 8 nitrogen and oxygen atoms in total. The largest absolute Gasteiger partial charge is 0.444 e. The average Bonchev–Trinajstić information content (AvgIpc) is 3.15. The van der Waals surface area contributed by atoms with Crippen LogP contribution in [0.15, 0.2) is 23.0 Å². The molecule has 1 saturated heterocycles. The molecule has 4 rings (SSSR count). The second-order valence-electron chi connectivity index (χ2n) is 10.1. The maximum absolute atomic E-state index is 13.7. The first-order chi connectivity index (χ1) is 16.6. The van der Waals surface area contributed by atoms with Crippen LogP contribution in [0.4, 0.5) is 4.79 Å². The van der Waals surface area contributed by atoms with E-state index in [9.17, 15) is 9.59 Å². The normalized spacial score (nSPS) is 16.7. The van der Waals surface area contributed by atoms with Crippen LogP contribution in [-0.4, -0.2) is 50.6 Å². The van der Waals surface area contributed by atoms with Gasteiger partial charge in [0, 0.05) is 36.7 Å². The lowest BCUT2D eigenvalue weighted by Gasteiger charge is -2.26. The first kappa shape index (κ1) is 25.5. The molecule has 0 aliphatic carbocycles. The summed E-state index contributed by atoms with van der Waals surface area (Å²) in [6.07, 6.45) is 3.09. The van der Waals surface area contributed by atoms with Gasteiger partial charge in [-0.05, 0) is 78.5 Å². The molecule has 1 fully saturated rings. The van der Waals surface area contributed by atoms with Gasteiger partial charge < -0.3 is 18.9 Å². The molecule has 0 N–H and O–H groups in total. The zero-order valence-electron chi connectivity index (χ0n) is 21.3. The van der Waals surface area contributed by atoms with E-state index in [2.05, 4.69) is 0 Å². The van der Waals surface area contributed by atoms with Crippen molar-refractivity contribution < 1.29 is 14.3 Å². The van der Waals surface area contributed by atoms with Crippen LogP contribution >= 0.6 is 11.6 Å². The molecule has 1 aromatic carbocycles. The number of carbonyl (C=O) groups excluding carboxylic acids is 1. The summed E-state index contributed by atoms with van der Waals surface area (Å²) in [6, 6.07) is 5.53. The molecule has 0 bridgehead atoms. The van der Waals surface area contributed by atoms with Gasteiger partial charge in [0.25, 0.3) is 5.56 Å². The van der Waals surface area contributed by atoms with Gasteiger partial charge in [0.05, 0.1) is 16.6 Å². The van der Waals surface area contributed by atoms with Crippen molar-refractivity contribution in [2.45, 2.75) is 78.7 Å². The van der Waals surface area contributed by atoms with Gasteiger partial charge in [0.15, 0.2) is 0 Å².